The van der Waals surface area contributed by atoms with Crippen molar-refractivity contribution < 1.29 is 47.6 Å². The number of allylic oxidation sites excluding steroid dienone is 2. The third-order valence-electron chi connectivity index (χ3n) is 11.3. The van der Waals surface area contributed by atoms with E-state index >= 15 is 0 Å². The Balaban J connectivity index is 1.10. The largest absolute Gasteiger partial charge is 0.488 e. The summed E-state index contributed by atoms with van der Waals surface area (Å²) < 4.78 is 35.3. The first-order chi connectivity index (χ1) is 33.1. The average Bonchev–Trinajstić information content (AvgIpc) is 3.51. The molecule has 368 valence electrons. The van der Waals surface area contributed by atoms with Crippen LogP contribution >= 0.6 is 11.8 Å². The van der Waals surface area contributed by atoms with Crippen LogP contribution in [-0.2, 0) is 35.0 Å². The zero-order valence-corrected chi connectivity index (χ0v) is 42.2. The lowest BCUT2D eigenvalue weighted by molar-refractivity contribution is -0.155. The highest BCUT2D eigenvalue weighted by Gasteiger charge is 2.35. The highest BCUT2D eigenvalue weighted by atomic mass is 32.2. The number of rotatable bonds is 21. The van der Waals surface area contributed by atoms with E-state index in [0.29, 0.717) is 53.9 Å². The van der Waals surface area contributed by atoms with E-state index in [1.807, 2.05) is 67.5 Å². The molecule has 1 aliphatic heterocycles. The summed E-state index contributed by atoms with van der Waals surface area (Å²) in [6.07, 6.45) is 12.7. The van der Waals surface area contributed by atoms with Crippen molar-refractivity contribution in [2.45, 2.75) is 127 Å². The quantitative estimate of drug-likeness (QED) is 0.0278. The zero-order valence-electron chi connectivity index (χ0n) is 41.4. The predicted molar refractivity (Wildman–Crippen MR) is 275 cm³/mol. The molecule has 0 spiro atoms. The molecule has 0 amide bonds. The van der Waals surface area contributed by atoms with Crippen LogP contribution in [0.15, 0.2) is 155 Å². The van der Waals surface area contributed by atoms with Gasteiger partial charge in [0, 0.05) is 48.3 Å². The van der Waals surface area contributed by atoms with Gasteiger partial charge in [0.1, 0.15) is 40.0 Å². The lowest BCUT2D eigenvalue weighted by atomic mass is 9.92. The molecule has 2 aliphatic rings. The van der Waals surface area contributed by atoms with Gasteiger partial charge in [-0.25, -0.2) is 19.2 Å². The van der Waals surface area contributed by atoms with E-state index in [9.17, 15) is 19.2 Å². The SMILES string of the molecule is C=CC(=O)OC(C)(C)CC(C)(C)Oc1ccc(C(=O)OCCC2=CCC(OC(=O)c3ccc(OC(C)(C)CC(C)(C)OC(=O)C=C)cc3)C(/C=N/NC3=CCCc4c(ccc5ccccc45)S3)=C2)cc1. The topological polar surface area (TPSA) is 148 Å². The molecule has 0 bridgehead atoms. The van der Waals surface area contributed by atoms with Crippen LogP contribution in [0.2, 0.25) is 0 Å². The lowest BCUT2D eigenvalue weighted by Gasteiger charge is -2.34. The van der Waals surface area contributed by atoms with Gasteiger partial charge in [0.05, 0.1) is 29.0 Å². The monoisotopic (exact) mass is 968 g/mol. The Hall–Kier alpha value is -6.86. The van der Waals surface area contributed by atoms with Crippen LogP contribution in [0, 0.1) is 0 Å². The first kappa shape index (κ1) is 52.5. The van der Waals surface area contributed by atoms with Crippen molar-refractivity contribution in [3.8, 4) is 11.5 Å². The standard InChI is InChI=1S/C57H64N2O10S/c1-11-50(60)68-56(7,8)36-54(3,4)66-43-26-21-40(22-27-43)52(62)64-33-32-38-20-30-47(65-53(63)41-23-28-44(29-24-41)67-55(5,6)37-57(9,10)69-51(61)12-2)42(34-38)35-58-59-49-19-15-18-46-45-17-14-13-16-39(45)25-31-48(46)70-49/h11-14,16-17,19-29,31,34-35,47,59H,1-2,15,18,30,32-33,36-37H2,3-10H3/b58-35+. The smallest absolute Gasteiger partial charge is 0.338 e. The fraction of sp³-hybridized carbons (Fsp3) is 0.351. The molecule has 0 aromatic heterocycles. The summed E-state index contributed by atoms with van der Waals surface area (Å²) in [5.74, 6) is -0.928. The number of hydrogen-bond acceptors (Lipinski definition) is 13. The first-order valence-corrected chi connectivity index (χ1v) is 24.2. The van der Waals surface area contributed by atoms with E-state index in [1.54, 1.807) is 66.5 Å². The van der Waals surface area contributed by atoms with Crippen LogP contribution in [0.4, 0.5) is 0 Å². The Bertz CT molecular complexity index is 2710. The number of carbonyl (C=O) groups excluding carboxylic acids is 4. The maximum atomic E-state index is 13.7. The highest BCUT2D eigenvalue weighted by molar-refractivity contribution is 8.03. The molecular formula is C57H64N2O10S. The van der Waals surface area contributed by atoms with E-state index in [0.717, 1.165) is 35.6 Å². The average molecular weight is 969 g/mol. The number of benzene rings is 4. The predicted octanol–water partition coefficient (Wildman–Crippen LogP) is 12.1. The van der Waals surface area contributed by atoms with Gasteiger partial charge >= 0.3 is 23.9 Å². The molecule has 1 unspecified atom stereocenters. The Morgan fingerprint density at radius 1 is 0.714 bits per heavy atom. The zero-order chi connectivity index (χ0) is 50.7. The highest BCUT2D eigenvalue weighted by Crippen LogP contribution is 2.37. The van der Waals surface area contributed by atoms with Crippen LogP contribution in [0.1, 0.15) is 114 Å². The van der Waals surface area contributed by atoms with E-state index in [2.05, 4.69) is 66.2 Å². The number of aryl methyl sites for hydroxylation is 1. The summed E-state index contributed by atoms with van der Waals surface area (Å²) in [6, 6.07) is 26.1. The van der Waals surface area contributed by atoms with Crippen LogP contribution < -0.4 is 14.9 Å². The van der Waals surface area contributed by atoms with Crippen molar-refractivity contribution in [1.29, 1.82) is 0 Å². The van der Waals surface area contributed by atoms with Gasteiger partial charge in [-0.2, -0.15) is 5.10 Å². The summed E-state index contributed by atoms with van der Waals surface area (Å²) >= 11 is 1.63. The number of nitrogens with zero attached hydrogens (tertiary/aromatic N) is 1. The Labute approximate surface area is 415 Å². The number of thioether (sulfide) groups is 1. The maximum Gasteiger partial charge on any atom is 0.338 e. The van der Waals surface area contributed by atoms with Crippen molar-refractivity contribution >= 4 is 52.6 Å². The number of hydrazone groups is 1. The normalized spacial score (nSPS) is 15.3. The van der Waals surface area contributed by atoms with Crippen molar-refractivity contribution in [2.75, 3.05) is 6.61 Å². The van der Waals surface area contributed by atoms with Crippen LogP contribution in [0.3, 0.4) is 0 Å². The Morgan fingerprint density at radius 3 is 1.87 bits per heavy atom. The van der Waals surface area contributed by atoms with E-state index in [4.69, 9.17) is 28.4 Å². The van der Waals surface area contributed by atoms with Gasteiger partial charge in [-0.1, -0.05) is 73.5 Å². The molecule has 0 saturated heterocycles. The number of hydrogen-bond donors (Lipinski definition) is 1. The van der Waals surface area contributed by atoms with E-state index in [-0.39, 0.29) is 6.61 Å². The van der Waals surface area contributed by atoms with E-state index < -0.39 is 52.4 Å². The Morgan fingerprint density at radius 2 is 1.29 bits per heavy atom. The lowest BCUT2D eigenvalue weighted by Crippen LogP contribution is -2.40. The number of carbonyl (C=O) groups is 4. The molecule has 70 heavy (non-hydrogen) atoms. The molecule has 1 heterocycles. The maximum absolute atomic E-state index is 13.7. The summed E-state index contributed by atoms with van der Waals surface area (Å²) in [7, 11) is 0. The molecule has 6 rings (SSSR count). The second-order valence-electron chi connectivity index (χ2n) is 19.7. The minimum absolute atomic E-state index is 0.110. The van der Waals surface area contributed by atoms with Gasteiger partial charge in [-0.15, -0.1) is 0 Å². The summed E-state index contributed by atoms with van der Waals surface area (Å²) in [4.78, 5) is 51.7. The minimum atomic E-state index is -0.804. The second kappa shape index (κ2) is 22.7. The molecule has 0 radical (unpaired) electrons. The van der Waals surface area contributed by atoms with Gasteiger partial charge < -0.3 is 28.4 Å². The first-order valence-electron chi connectivity index (χ1n) is 23.4. The molecule has 4 aromatic rings. The molecule has 0 saturated carbocycles. The van der Waals surface area contributed by atoms with Crippen molar-refractivity contribution in [3.05, 3.63) is 161 Å². The molecule has 1 aliphatic carbocycles. The van der Waals surface area contributed by atoms with E-state index in [1.165, 1.54) is 21.2 Å². The molecule has 4 aromatic carbocycles. The number of ether oxygens (including phenoxy) is 6. The van der Waals surface area contributed by atoms with Gasteiger partial charge in [0.2, 0.25) is 0 Å². The molecule has 1 atom stereocenters. The van der Waals surface area contributed by atoms with Gasteiger partial charge in [-0.3, -0.25) is 5.43 Å². The van der Waals surface area contributed by atoms with Crippen LogP contribution in [-0.4, -0.2) is 65.2 Å². The molecule has 0 fully saturated rings. The number of esters is 4. The third-order valence-corrected chi connectivity index (χ3v) is 12.4. The Kier molecular flexibility index (Phi) is 17.0. The van der Waals surface area contributed by atoms with Crippen molar-refractivity contribution in [2.24, 2.45) is 5.10 Å². The van der Waals surface area contributed by atoms with Gasteiger partial charge in [0.25, 0.3) is 0 Å². The third kappa shape index (κ3) is 15.3. The number of nitrogens with one attached hydrogen (secondary N) is 1. The van der Waals surface area contributed by atoms with Crippen molar-refractivity contribution in [1.82, 2.24) is 5.43 Å². The molecular weight excluding hydrogens is 905 g/mol. The van der Waals surface area contributed by atoms with Gasteiger partial charge in [-0.05, 0) is 145 Å². The molecule has 1 N–H and O–H groups in total. The van der Waals surface area contributed by atoms with Crippen LogP contribution in [0.25, 0.3) is 10.8 Å². The number of fused-ring (bicyclic) bond motifs is 3. The minimum Gasteiger partial charge on any atom is -0.488 e. The summed E-state index contributed by atoms with van der Waals surface area (Å²) in [6.45, 7) is 21.9. The molecule has 12 nitrogen and oxygen atoms in total. The summed E-state index contributed by atoms with van der Waals surface area (Å²) in [5.41, 5.74) is 3.81. The van der Waals surface area contributed by atoms with Crippen molar-refractivity contribution in [3.63, 3.8) is 0 Å². The second-order valence-corrected chi connectivity index (χ2v) is 20.8. The fourth-order valence-corrected chi connectivity index (χ4v) is 9.92. The van der Waals surface area contributed by atoms with Crippen LogP contribution in [0.5, 0.6) is 11.5 Å². The summed E-state index contributed by atoms with van der Waals surface area (Å²) in [5, 5.41) is 8.00. The fourth-order valence-electron chi connectivity index (χ4n) is 8.91. The van der Waals surface area contributed by atoms with Gasteiger partial charge in [0.15, 0.2) is 0 Å². The molecule has 13 heteroatoms.